The molecule has 1 N–H and O–H groups in total. The molecule has 92 valence electrons. The van der Waals surface area contributed by atoms with E-state index < -0.39 is 17.9 Å². The Morgan fingerprint density at radius 3 is 2.94 bits per heavy atom. The molecule has 0 spiro atoms. The summed E-state index contributed by atoms with van der Waals surface area (Å²) in [6, 6.07) is -0.972. The van der Waals surface area contributed by atoms with E-state index in [1.807, 2.05) is 0 Å². The van der Waals surface area contributed by atoms with Crippen LogP contribution in [0.25, 0.3) is 0 Å². The Morgan fingerprint density at radius 2 is 2.35 bits per heavy atom. The predicted molar refractivity (Wildman–Crippen MR) is 54.5 cm³/mol. The SMILES string of the molecule is Cc1ncoc1C(=O)N1CCOCC1C(=O)O. The minimum absolute atomic E-state index is 0.00570. The number of aromatic nitrogens is 1. The molecule has 1 aromatic rings. The molecule has 0 saturated carbocycles. The van der Waals surface area contributed by atoms with Crippen LogP contribution in [0.5, 0.6) is 0 Å². The van der Waals surface area contributed by atoms with Crippen LogP contribution >= 0.6 is 0 Å². The summed E-state index contributed by atoms with van der Waals surface area (Å²) in [5, 5.41) is 9.00. The standard InChI is InChI=1S/C10H12N2O5/c1-6-8(17-5-11-6)9(13)12-2-3-16-4-7(12)10(14)15/h5,7H,2-4H2,1H3,(H,14,15). The Balaban J connectivity index is 2.23. The van der Waals surface area contributed by atoms with E-state index in [2.05, 4.69) is 4.98 Å². The zero-order chi connectivity index (χ0) is 12.4. The summed E-state index contributed by atoms with van der Waals surface area (Å²) >= 11 is 0. The molecule has 0 radical (unpaired) electrons. The van der Waals surface area contributed by atoms with Crippen molar-refractivity contribution in [2.24, 2.45) is 0 Å². The zero-order valence-electron chi connectivity index (χ0n) is 9.25. The Morgan fingerprint density at radius 1 is 1.59 bits per heavy atom. The van der Waals surface area contributed by atoms with E-state index in [9.17, 15) is 9.59 Å². The van der Waals surface area contributed by atoms with Crippen molar-refractivity contribution in [2.45, 2.75) is 13.0 Å². The van der Waals surface area contributed by atoms with Crippen LogP contribution in [0.3, 0.4) is 0 Å². The van der Waals surface area contributed by atoms with Crippen LogP contribution in [0, 0.1) is 6.92 Å². The summed E-state index contributed by atoms with van der Waals surface area (Å²) in [4.78, 5) is 28.1. The minimum Gasteiger partial charge on any atom is -0.480 e. The Kier molecular flexibility index (Phi) is 3.10. The number of hydrogen-bond donors (Lipinski definition) is 1. The van der Waals surface area contributed by atoms with E-state index in [0.29, 0.717) is 12.3 Å². The van der Waals surface area contributed by atoms with Gasteiger partial charge in [-0.15, -0.1) is 0 Å². The van der Waals surface area contributed by atoms with Crippen LogP contribution < -0.4 is 0 Å². The number of carboxylic acids is 1. The summed E-state index contributed by atoms with van der Waals surface area (Å²) in [6.45, 7) is 2.18. The van der Waals surface area contributed by atoms with Crippen molar-refractivity contribution < 1.29 is 23.8 Å². The summed E-state index contributed by atoms with van der Waals surface area (Å²) in [5.41, 5.74) is 0.450. The molecule has 1 atom stereocenters. The molecule has 1 fully saturated rings. The minimum atomic E-state index is -1.09. The smallest absolute Gasteiger partial charge is 0.328 e. The number of morpholine rings is 1. The average molecular weight is 240 g/mol. The van der Waals surface area contributed by atoms with E-state index in [4.69, 9.17) is 14.3 Å². The molecular formula is C10H12N2O5. The third kappa shape index (κ3) is 2.14. The first-order valence-corrected chi connectivity index (χ1v) is 5.13. The molecule has 0 aliphatic carbocycles. The van der Waals surface area contributed by atoms with Crippen LogP contribution in [0.2, 0.25) is 0 Å². The number of carbonyl (C=O) groups is 2. The lowest BCUT2D eigenvalue weighted by Gasteiger charge is -2.32. The fraction of sp³-hybridized carbons (Fsp3) is 0.500. The molecule has 0 bridgehead atoms. The molecule has 1 aliphatic rings. The second kappa shape index (κ2) is 4.54. The lowest BCUT2D eigenvalue weighted by molar-refractivity contribution is -0.147. The molecule has 1 aliphatic heterocycles. The van der Waals surface area contributed by atoms with Gasteiger partial charge in [0, 0.05) is 6.54 Å². The largest absolute Gasteiger partial charge is 0.480 e. The van der Waals surface area contributed by atoms with Crippen molar-refractivity contribution in [1.29, 1.82) is 0 Å². The van der Waals surface area contributed by atoms with Crippen LogP contribution in [0.1, 0.15) is 16.2 Å². The van der Waals surface area contributed by atoms with Crippen LogP contribution in [0.4, 0.5) is 0 Å². The van der Waals surface area contributed by atoms with Crippen molar-refractivity contribution >= 4 is 11.9 Å². The Bertz CT molecular complexity index is 442. The lowest BCUT2D eigenvalue weighted by atomic mass is 10.2. The van der Waals surface area contributed by atoms with E-state index in [0.717, 1.165) is 0 Å². The van der Waals surface area contributed by atoms with Crippen molar-refractivity contribution in [3.8, 4) is 0 Å². The summed E-state index contributed by atoms with van der Waals surface area (Å²) in [7, 11) is 0. The first-order valence-electron chi connectivity index (χ1n) is 5.13. The van der Waals surface area contributed by atoms with Gasteiger partial charge in [-0.2, -0.15) is 0 Å². The molecule has 2 rings (SSSR count). The average Bonchev–Trinajstić information content (AvgIpc) is 2.74. The maximum atomic E-state index is 12.1. The molecule has 1 amide bonds. The van der Waals surface area contributed by atoms with Gasteiger partial charge < -0.3 is 19.2 Å². The molecule has 7 nitrogen and oxygen atoms in total. The topological polar surface area (TPSA) is 92.9 Å². The van der Waals surface area contributed by atoms with E-state index >= 15 is 0 Å². The number of aryl methyl sites for hydroxylation is 1. The van der Waals surface area contributed by atoms with Gasteiger partial charge in [0.2, 0.25) is 5.76 Å². The number of carbonyl (C=O) groups excluding carboxylic acids is 1. The first kappa shape index (κ1) is 11.6. The van der Waals surface area contributed by atoms with Crippen LogP contribution in [-0.4, -0.2) is 52.7 Å². The van der Waals surface area contributed by atoms with Crippen LogP contribution in [0.15, 0.2) is 10.8 Å². The molecule has 1 unspecified atom stereocenters. The third-order valence-electron chi connectivity index (χ3n) is 2.61. The molecule has 1 aromatic heterocycles. The number of ether oxygens (including phenoxy) is 1. The lowest BCUT2D eigenvalue weighted by Crippen LogP contribution is -2.52. The van der Waals surface area contributed by atoms with Gasteiger partial charge in [-0.3, -0.25) is 4.79 Å². The van der Waals surface area contributed by atoms with Crippen molar-refractivity contribution in [3.05, 3.63) is 17.8 Å². The second-order valence-electron chi connectivity index (χ2n) is 3.69. The first-order chi connectivity index (χ1) is 8.11. The summed E-state index contributed by atoms with van der Waals surface area (Å²) < 4.78 is 10.0. The number of hydrogen-bond acceptors (Lipinski definition) is 5. The normalized spacial score (nSPS) is 20.3. The zero-order valence-corrected chi connectivity index (χ0v) is 9.25. The highest BCUT2D eigenvalue weighted by molar-refractivity contribution is 5.95. The van der Waals surface area contributed by atoms with Gasteiger partial charge in [0.1, 0.15) is 0 Å². The number of nitrogens with zero attached hydrogens (tertiary/aromatic N) is 2. The maximum Gasteiger partial charge on any atom is 0.328 e. The summed E-state index contributed by atoms with van der Waals surface area (Å²) in [5.74, 6) is -1.47. The van der Waals surface area contributed by atoms with Gasteiger partial charge in [-0.1, -0.05) is 0 Å². The van der Waals surface area contributed by atoms with Crippen molar-refractivity contribution in [2.75, 3.05) is 19.8 Å². The van der Waals surface area contributed by atoms with Crippen molar-refractivity contribution in [3.63, 3.8) is 0 Å². The Labute approximate surface area is 97.0 Å². The van der Waals surface area contributed by atoms with Gasteiger partial charge in [-0.05, 0) is 6.92 Å². The fourth-order valence-corrected chi connectivity index (χ4v) is 1.69. The molecule has 0 aromatic carbocycles. The fourth-order valence-electron chi connectivity index (χ4n) is 1.69. The van der Waals surface area contributed by atoms with E-state index in [1.54, 1.807) is 6.92 Å². The quantitative estimate of drug-likeness (QED) is 0.776. The highest BCUT2D eigenvalue weighted by Gasteiger charge is 2.35. The highest BCUT2D eigenvalue weighted by atomic mass is 16.5. The van der Waals surface area contributed by atoms with Gasteiger partial charge in [-0.25, -0.2) is 9.78 Å². The maximum absolute atomic E-state index is 12.1. The van der Waals surface area contributed by atoms with Gasteiger partial charge in [0.25, 0.3) is 5.91 Å². The number of rotatable bonds is 2. The number of aliphatic carboxylic acids is 1. The van der Waals surface area contributed by atoms with E-state index in [1.165, 1.54) is 11.3 Å². The highest BCUT2D eigenvalue weighted by Crippen LogP contribution is 2.15. The molecule has 17 heavy (non-hydrogen) atoms. The van der Waals surface area contributed by atoms with E-state index in [-0.39, 0.29) is 18.9 Å². The van der Waals surface area contributed by atoms with Crippen molar-refractivity contribution in [1.82, 2.24) is 9.88 Å². The number of carboxylic acid groups (broad SMARTS) is 1. The number of oxazole rings is 1. The summed E-state index contributed by atoms with van der Waals surface area (Å²) in [6.07, 6.45) is 1.17. The Hall–Kier alpha value is -1.89. The molecular weight excluding hydrogens is 228 g/mol. The molecule has 7 heteroatoms. The monoisotopic (exact) mass is 240 g/mol. The van der Waals surface area contributed by atoms with Crippen LogP contribution in [-0.2, 0) is 9.53 Å². The predicted octanol–water partition coefficient (Wildman–Crippen LogP) is -0.0914. The number of amides is 1. The van der Waals surface area contributed by atoms with Gasteiger partial charge >= 0.3 is 5.97 Å². The van der Waals surface area contributed by atoms with Gasteiger partial charge in [0.15, 0.2) is 12.4 Å². The molecule has 1 saturated heterocycles. The second-order valence-corrected chi connectivity index (χ2v) is 3.69. The molecule has 2 heterocycles. The third-order valence-corrected chi connectivity index (χ3v) is 2.61. The van der Waals surface area contributed by atoms with Gasteiger partial charge in [0.05, 0.1) is 18.9 Å².